The van der Waals surface area contributed by atoms with E-state index in [0.717, 1.165) is 24.9 Å². The SMILES string of the molecule is C=C/C=C\CCN(C=O)Cc1ccccc1. The summed E-state index contributed by atoms with van der Waals surface area (Å²) in [6, 6.07) is 9.99. The Kier molecular flexibility index (Phi) is 5.71. The van der Waals surface area contributed by atoms with Gasteiger partial charge in [-0.15, -0.1) is 0 Å². The molecule has 0 unspecified atom stereocenters. The first-order valence-electron chi connectivity index (χ1n) is 5.37. The number of carbonyl (C=O) groups is 1. The van der Waals surface area contributed by atoms with Crippen LogP contribution in [0.5, 0.6) is 0 Å². The maximum Gasteiger partial charge on any atom is 0.210 e. The average Bonchev–Trinajstić information content (AvgIpc) is 2.34. The molecule has 2 heteroatoms. The third kappa shape index (κ3) is 4.60. The highest BCUT2D eigenvalue weighted by molar-refractivity contribution is 5.47. The molecule has 1 rings (SSSR count). The fourth-order valence-electron chi connectivity index (χ4n) is 1.42. The molecule has 2 nitrogen and oxygen atoms in total. The zero-order chi connectivity index (χ0) is 11.6. The standard InChI is InChI=1S/C14H17NO/c1-2-3-4-8-11-15(13-16)12-14-9-6-5-7-10-14/h2-7,9-10,13H,1,8,11-12H2/b4-3-. The Bertz CT molecular complexity index is 343. The maximum absolute atomic E-state index is 10.9. The normalized spacial score (nSPS) is 10.2. The predicted octanol–water partition coefficient (Wildman–Crippen LogP) is 2.78. The zero-order valence-corrected chi connectivity index (χ0v) is 9.38. The molecule has 1 amide bonds. The van der Waals surface area contributed by atoms with E-state index >= 15 is 0 Å². The lowest BCUT2D eigenvalue weighted by Gasteiger charge is -2.16. The van der Waals surface area contributed by atoms with Gasteiger partial charge in [-0.3, -0.25) is 4.79 Å². The van der Waals surface area contributed by atoms with Gasteiger partial charge in [0, 0.05) is 13.1 Å². The van der Waals surface area contributed by atoms with Crippen molar-refractivity contribution >= 4 is 6.41 Å². The molecule has 0 spiro atoms. The number of hydrogen-bond acceptors (Lipinski definition) is 1. The predicted molar refractivity (Wildman–Crippen MR) is 66.9 cm³/mol. The Morgan fingerprint density at radius 1 is 1.25 bits per heavy atom. The zero-order valence-electron chi connectivity index (χ0n) is 9.38. The lowest BCUT2D eigenvalue weighted by atomic mass is 10.2. The van der Waals surface area contributed by atoms with Crippen LogP contribution in [0.15, 0.2) is 55.1 Å². The number of nitrogens with zero attached hydrogens (tertiary/aromatic N) is 1. The molecule has 0 heterocycles. The molecule has 0 fully saturated rings. The number of allylic oxidation sites excluding steroid dienone is 2. The van der Waals surface area contributed by atoms with Gasteiger partial charge in [0.2, 0.25) is 6.41 Å². The van der Waals surface area contributed by atoms with E-state index in [4.69, 9.17) is 0 Å². The molecule has 0 bridgehead atoms. The highest BCUT2D eigenvalue weighted by Gasteiger charge is 2.00. The van der Waals surface area contributed by atoms with E-state index in [1.165, 1.54) is 0 Å². The van der Waals surface area contributed by atoms with Gasteiger partial charge < -0.3 is 4.90 Å². The molecular weight excluding hydrogens is 198 g/mol. The molecule has 1 aromatic rings. The van der Waals surface area contributed by atoms with Crippen molar-refractivity contribution in [2.24, 2.45) is 0 Å². The highest BCUT2D eigenvalue weighted by Crippen LogP contribution is 2.03. The molecule has 0 aliphatic rings. The second-order valence-corrected chi connectivity index (χ2v) is 3.51. The summed E-state index contributed by atoms with van der Waals surface area (Å²) >= 11 is 0. The van der Waals surface area contributed by atoms with Crippen LogP contribution in [0.3, 0.4) is 0 Å². The first-order chi connectivity index (χ1) is 7.86. The molecule has 0 aliphatic carbocycles. The van der Waals surface area contributed by atoms with Crippen molar-refractivity contribution in [3.63, 3.8) is 0 Å². The van der Waals surface area contributed by atoms with Crippen LogP contribution >= 0.6 is 0 Å². The molecule has 16 heavy (non-hydrogen) atoms. The summed E-state index contributed by atoms with van der Waals surface area (Å²) in [5, 5.41) is 0. The summed E-state index contributed by atoms with van der Waals surface area (Å²) in [6.07, 6.45) is 7.40. The number of benzene rings is 1. The molecule has 1 aromatic carbocycles. The largest absolute Gasteiger partial charge is 0.341 e. The van der Waals surface area contributed by atoms with Crippen molar-refractivity contribution in [3.8, 4) is 0 Å². The average molecular weight is 215 g/mol. The fourth-order valence-corrected chi connectivity index (χ4v) is 1.42. The first kappa shape index (κ1) is 12.2. The Labute approximate surface area is 96.9 Å². The first-order valence-corrected chi connectivity index (χ1v) is 5.37. The van der Waals surface area contributed by atoms with Gasteiger partial charge in [0.05, 0.1) is 0 Å². The molecule has 0 saturated carbocycles. The quantitative estimate of drug-likeness (QED) is 0.506. The van der Waals surface area contributed by atoms with Crippen LogP contribution in [0.2, 0.25) is 0 Å². The molecule has 0 saturated heterocycles. The Hall–Kier alpha value is -1.83. The minimum Gasteiger partial charge on any atom is -0.341 e. The Balaban J connectivity index is 2.40. The van der Waals surface area contributed by atoms with E-state index in [-0.39, 0.29) is 0 Å². The maximum atomic E-state index is 10.9. The van der Waals surface area contributed by atoms with Gasteiger partial charge in [-0.05, 0) is 12.0 Å². The summed E-state index contributed by atoms with van der Waals surface area (Å²) in [5.41, 5.74) is 1.15. The van der Waals surface area contributed by atoms with Crippen LogP contribution in [0.4, 0.5) is 0 Å². The summed E-state index contributed by atoms with van der Waals surface area (Å²) < 4.78 is 0. The molecule has 0 aliphatic heterocycles. The van der Waals surface area contributed by atoms with E-state index in [1.54, 1.807) is 11.0 Å². The Morgan fingerprint density at radius 2 is 2.00 bits per heavy atom. The summed E-state index contributed by atoms with van der Waals surface area (Å²) in [4.78, 5) is 12.6. The van der Waals surface area contributed by atoms with E-state index in [0.29, 0.717) is 6.54 Å². The highest BCUT2D eigenvalue weighted by atomic mass is 16.1. The monoisotopic (exact) mass is 215 g/mol. The number of amides is 1. The second kappa shape index (κ2) is 7.46. The van der Waals surface area contributed by atoms with E-state index in [1.807, 2.05) is 42.5 Å². The van der Waals surface area contributed by atoms with Crippen LogP contribution in [-0.2, 0) is 11.3 Å². The number of carbonyl (C=O) groups excluding carboxylic acids is 1. The third-order valence-corrected chi connectivity index (χ3v) is 2.23. The number of rotatable bonds is 7. The molecule has 0 aromatic heterocycles. The van der Waals surface area contributed by atoms with Crippen LogP contribution in [0.1, 0.15) is 12.0 Å². The lowest BCUT2D eigenvalue weighted by molar-refractivity contribution is -0.118. The van der Waals surface area contributed by atoms with Crippen molar-refractivity contribution in [2.45, 2.75) is 13.0 Å². The Morgan fingerprint density at radius 3 is 2.62 bits per heavy atom. The van der Waals surface area contributed by atoms with Crippen molar-refractivity contribution in [1.29, 1.82) is 0 Å². The van der Waals surface area contributed by atoms with E-state index in [2.05, 4.69) is 6.58 Å². The van der Waals surface area contributed by atoms with Gasteiger partial charge in [0.15, 0.2) is 0 Å². The third-order valence-electron chi connectivity index (χ3n) is 2.23. The molecule has 0 radical (unpaired) electrons. The van der Waals surface area contributed by atoms with Gasteiger partial charge in [-0.25, -0.2) is 0 Å². The number of hydrogen-bond donors (Lipinski definition) is 0. The minimum absolute atomic E-state index is 0.673. The van der Waals surface area contributed by atoms with Gasteiger partial charge in [0.1, 0.15) is 0 Å². The molecular formula is C14H17NO. The van der Waals surface area contributed by atoms with Crippen LogP contribution in [0, 0.1) is 0 Å². The van der Waals surface area contributed by atoms with Crippen LogP contribution in [0.25, 0.3) is 0 Å². The fraction of sp³-hybridized carbons (Fsp3) is 0.214. The summed E-state index contributed by atoms with van der Waals surface area (Å²) in [7, 11) is 0. The smallest absolute Gasteiger partial charge is 0.210 e. The molecule has 0 N–H and O–H groups in total. The van der Waals surface area contributed by atoms with Crippen molar-refractivity contribution in [1.82, 2.24) is 4.90 Å². The minimum atomic E-state index is 0.673. The summed E-state index contributed by atoms with van der Waals surface area (Å²) in [6.45, 7) is 5.01. The van der Waals surface area contributed by atoms with E-state index < -0.39 is 0 Å². The summed E-state index contributed by atoms with van der Waals surface area (Å²) in [5.74, 6) is 0. The van der Waals surface area contributed by atoms with E-state index in [9.17, 15) is 4.79 Å². The lowest BCUT2D eigenvalue weighted by Crippen LogP contribution is -2.22. The molecule has 84 valence electrons. The topological polar surface area (TPSA) is 20.3 Å². The van der Waals surface area contributed by atoms with Crippen molar-refractivity contribution in [2.75, 3.05) is 6.54 Å². The molecule has 0 atom stereocenters. The van der Waals surface area contributed by atoms with Gasteiger partial charge in [-0.1, -0.05) is 55.1 Å². The van der Waals surface area contributed by atoms with Crippen molar-refractivity contribution in [3.05, 3.63) is 60.7 Å². The van der Waals surface area contributed by atoms with Crippen LogP contribution < -0.4 is 0 Å². The second-order valence-electron chi connectivity index (χ2n) is 3.51. The van der Waals surface area contributed by atoms with Crippen molar-refractivity contribution < 1.29 is 4.79 Å². The van der Waals surface area contributed by atoms with Gasteiger partial charge in [-0.2, -0.15) is 0 Å². The van der Waals surface area contributed by atoms with Gasteiger partial charge in [0.25, 0.3) is 0 Å². The van der Waals surface area contributed by atoms with Crippen LogP contribution in [-0.4, -0.2) is 17.9 Å². The van der Waals surface area contributed by atoms with Gasteiger partial charge >= 0.3 is 0 Å².